The molecule has 0 bridgehead atoms. The first-order valence-corrected chi connectivity index (χ1v) is 7.75. The van der Waals surface area contributed by atoms with Crippen LogP contribution in [0.25, 0.3) is 0 Å². The van der Waals surface area contributed by atoms with Crippen molar-refractivity contribution in [3.05, 3.63) is 24.0 Å². The molecule has 1 heterocycles. The van der Waals surface area contributed by atoms with Crippen LogP contribution < -0.4 is 9.64 Å². The molecule has 4 nitrogen and oxygen atoms in total. The van der Waals surface area contributed by atoms with Gasteiger partial charge in [-0.1, -0.05) is 0 Å². The lowest BCUT2D eigenvalue weighted by molar-refractivity contribution is -0.157. The van der Waals surface area contributed by atoms with Crippen molar-refractivity contribution in [1.82, 2.24) is 4.90 Å². The summed E-state index contributed by atoms with van der Waals surface area (Å²) in [5, 5.41) is 0. The van der Waals surface area contributed by atoms with Crippen LogP contribution in [0.15, 0.2) is 18.2 Å². The summed E-state index contributed by atoms with van der Waals surface area (Å²) in [6, 6.07) is 4.51. The SMILES string of the molecule is COc1cc(N2CCN(C(=O)[C@@H]3C[C@H]3C(F)(F)F)CC2)ccc1F. The molecule has 1 saturated heterocycles. The van der Waals surface area contributed by atoms with Crippen molar-refractivity contribution in [2.45, 2.75) is 12.6 Å². The number of methoxy groups -OCH3 is 1. The van der Waals surface area contributed by atoms with Gasteiger partial charge in [-0.3, -0.25) is 4.79 Å². The molecule has 0 radical (unpaired) electrons. The van der Waals surface area contributed by atoms with Crippen molar-refractivity contribution in [1.29, 1.82) is 0 Å². The highest BCUT2D eigenvalue weighted by Gasteiger charge is 2.59. The molecule has 0 aromatic heterocycles. The average molecular weight is 346 g/mol. The number of piperazine rings is 1. The minimum Gasteiger partial charge on any atom is -0.494 e. The van der Waals surface area contributed by atoms with E-state index in [0.717, 1.165) is 5.69 Å². The van der Waals surface area contributed by atoms with Crippen LogP contribution in [0.4, 0.5) is 23.2 Å². The van der Waals surface area contributed by atoms with Gasteiger partial charge in [0.1, 0.15) is 0 Å². The van der Waals surface area contributed by atoms with Crippen LogP contribution in [0.1, 0.15) is 6.42 Å². The number of hydrogen-bond acceptors (Lipinski definition) is 3. The van der Waals surface area contributed by atoms with E-state index in [2.05, 4.69) is 0 Å². The number of nitrogens with zero attached hydrogens (tertiary/aromatic N) is 2. The van der Waals surface area contributed by atoms with Gasteiger partial charge < -0.3 is 14.5 Å². The number of carbonyl (C=O) groups is 1. The Labute approximate surface area is 137 Å². The van der Waals surface area contributed by atoms with Gasteiger partial charge in [-0.05, 0) is 18.6 Å². The van der Waals surface area contributed by atoms with E-state index in [-0.39, 0.29) is 12.2 Å². The number of amides is 1. The normalized spacial score (nSPS) is 24.0. The van der Waals surface area contributed by atoms with Crippen LogP contribution in [-0.2, 0) is 4.79 Å². The second-order valence-electron chi connectivity index (χ2n) is 6.12. The molecule has 2 fully saturated rings. The third-order valence-corrected chi connectivity index (χ3v) is 4.62. The molecule has 1 amide bonds. The Balaban J connectivity index is 1.57. The maximum absolute atomic E-state index is 13.4. The molecule has 1 saturated carbocycles. The minimum atomic E-state index is -4.28. The van der Waals surface area contributed by atoms with Crippen molar-refractivity contribution < 1.29 is 27.1 Å². The fourth-order valence-electron chi connectivity index (χ4n) is 3.09. The second-order valence-corrected chi connectivity index (χ2v) is 6.12. The van der Waals surface area contributed by atoms with E-state index in [4.69, 9.17) is 4.74 Å². The predicted octanol–water partition coefficient (Wildman–Crippen LogP) is 2.68. The molecule has 8 heteroatoms. The van der Waals surface area contributed by atoms with Crippen LogP contribution in [0, 0.1) is 17.7 Å². The summed E-state index contributed by atoms with van der Waals surface area (Å²) in [6.45, 7) is 1.70. The van der Waals surface area contributed by atoms with E-state index in [1.807, 2.05) is 4.90 Å². The Hall–Kier alpha value is -1.99. The molecule has 0 unspecified atom stereocenters. The quantitative estimate of drug-likeness (QED) is 0.789. The molecule has 1 aliphatic heterocycles. The first kappa shape index (κ1) is 16.9. The zero-order chi connectivity index (χ0) is 17.5. The Morgan fingerprint density at radius 1 is 1.21 bits per heavy atom. The Kier molecular flexibility index (Phi) is 4.31. The van der Waals surface area contributed by atoms with Gasteiger partial charge in [0, 0.05) is 37.9 Å². The lowest BCUT2D eigenvalue weighted by Crippen LogP contribution is -2.49. The molecule has 0 N–H and O–H groups in total. The molecular formula is C16H18F4N2O2. The maximum atomic E-state index is 13.4. The standard InChI is InChI=1S/C16H18F4N2O2/c1-24-14-8-10(2-3-13(14)17)21-4-6-22(7-5-21)15(23)11-9-12(11)16(18,19)20/h2-3,8,11-12H,4-7,9H2,1H3/t11-,12-/m1/s1. The van der Waals surface area contributed by atoms with Crippen molar-refractivity contribution in [3.63, 3.8) is 0 Å². The summed E-state index contributed by atoms with van der Waals surface area (Å²) in [7, 11) is 1.38. The van der Waals surface area contributed by atoms with E-state index in [1.54, 1.807) is 12.1 Å². The van der Waals surface area contributed by atoms with Gasteiger partial charge >= 0.3 is 6.18 Å². The van der Waals surface area contributed by atoms with Crippen LogP contribution in [0.3, 0.4) is 0 Å². The molecule has 2 aliphatic rings. The van der Waals surface area contributed by atoms with Crippen molar-refractivity contribution in [2.24, 2.45) is 11.8 Å². The smallest absolute Gasteiger partial charge is 0.392 e. The number of carbonyl (C=O) groups excluding carboxylic acids is 1. The third kappa shape index (κ3) is 3.27. The summed E-state index contributed by atoms with van der Waals surface area (Å²) in [6.07, 6.45) is -4.38. The number of halogens is 4. The molecule has 1 aromatic carbocycles. The Morgan fingerprint density at radius 2 is 1.88 bits per heavy atom. The summed E-state index contributed by atoms with van der Waals surface area (Å²) < 4.78 is 56.1. The molecule has 24 heavy (non-hydrogen) atoms. The predicted molar refractivity (Wildman–Crippen MR) is 79.4 cm³/mol. The van der Waals surface area contributed by atoms with E-state index in [9.17, 15) is 22.4 Å². The molecule has 1 aliphatic carbocycles. The van der Waals surface area contributed by atoms with Gasteiger partial charge in [0.05, 0.1) is 18.9 Å². The molecule has 1 aromatic rings. The highest BCUT2D eigenvalue weighted by molar-refractivity contribution is 5.82. The highest BCUT2D eigenvalue weighted by Crippen LogP contribution is 2.50. The van der Waals surface area contributed by atoms with Crippen molar-refractivity contribution in [3.8, 4) is 5.75 Å². The van der Waals surface area contributed by atoms with Crippen LogP contribution in [0.5, 0.6) is 5.75 Å². The summed E-state index contributed by atoms with van der Waals surface area (Å²) in [5.74, 6) is -3.13. The number of alkyl halides is 3. The van der Waals surface area contributed by atoms with Crippen LogP contribution in [0.2, 0.25) is 0 Å². The molecule has 132 valence electrons. The zero-order valence-electron chi connectivity index (χ0n) is 13.1. The van der Waals surface area contributed by atoms with E-state index < -0.39 is 29.7 Å². The van der Waals surface area contributed by atoms with Crippen LogP contribution >= 0.6 is 0 Å². The molecule has 3 rings (SSSR count). The van der Waals surface area contributed by atoms with E-state index in [1.165, 1.54) is 18.1 Å². The van der Waals surface area contributed by atoms with Crippen LogP contribution in [-0.4, -0.2) is 50.3 Å². The Bertz CT molecular complexity index is 627. The minimum absolute atomic E-state index is 0.0995. The van der Waals surface area contributed by atoms with E-state index >= 15 is 0 Å². The number of ether oxygens (including phenoxy) is 1. The van der Waals surface area contributed by atoms with Gasteiger partial charge in [-0.2, -0.15) is 13.2 Å². The third-order valence-electron chi connectivity index (χ3n) is 4.62. The monoisotopic (exact) mass is 346 g/mol. The lowest BCUT2D eigenvalue weighted by atomic mass is 10.2. The topological polar surface area (TPSA) is 32.8 Å². The van der Waals surface area contributed by atoms with Gasteiger partial charge in [-0.15, -0.1) is 0 Å². The summed E-state index contributed by atoms with van der Waals surface area (Å²) in [5.41, 5.74) is 0.764. The Morgan fingerprint density at radius 3 is 2.42 bits per heavy atom. The first-order chi connectivity index (χ1) is 11.3. The number of hydrogen-bond donors (Lipinski definition) is 0. The maximum Gasteiger partial charge on any atom is 0.392 e. The molecule has 0 spiro atoms. The fourth-order valence-corrected chi connectivity index (χ4v) is 3.09. The first-order valence-electron chi connectivity index (χ1n) is 7.75. The van der Waals surface area contributed by atoms with Gasteiger partial charge in [0.25, 0.3) is 0 Å². The number of benzene rings is 1. The second kappa shape index (κ2) is 6.14. The van der Waals surface area contributed by atoms with Crippen molar-refractivity contribution in [2.75, 3.05) is 38.2 Å². The van der Waals surface area contributed by atoms with Gasteiger partial charge in [0.2, 0.25) is 5.91 Å². The van der Waals surface area contributed by atoms with E-state index in [0.29, 0.717) is 26.2 Å². The highest BCUT2D eigenvalue weighted by atomic mass is 19.4. The van der Waals surface area contributed by atoms with Gasteiger partial charge in [-0.25, -0.2) is 4.39 Å². The lowest BCUT2D eigenvalue weighted by Gasteiger charge is -2.36. The number of rotatable bonds is 3. The fraction of sp³-hybridized carbons (Fsp3) is 0.562. The largest absolute Gasteiger partial charge is 0.494 e. The molecule has 2 atom stereocenters. The average Bonchev–Trinajstić information content (AvgIpc) is 3.36. The number of anilines is 1. The summed E-state index contributed by atoms with van der Waals surface area (Å²) in [4.78, 5) is 15.6. The molecular weight excluding hydrogens is 328 g/mol. The van der Waals surface area contributed by atoms with Gasteiger partial charge in [0.15, 0.2) is 11.6 Å². The van der Waals surface area contributed by atoms with Crippen molar-refractivity contribution >= 4 is 11.6 Å². The summed E-state index contributed by atoms with van der Waals surface area (Å²) >= 11 is 0. The zero-order valence-corrected chi connectivity index (χ0v) is 13.1.